The van der Waals surface area contributed by atoms with Gasteiger partial charge in [0.15, 0.2) is 0 Å². The van der Waals surface area contributed by atoms with Crippen molar-refractivity contribution in [2.75, 3.05) is 12.3 Å². The smallest absolute Gasteiger partial charge is 0.106 e. The number of rotatable bonds is 3. The summed E-state index contributed by atoms with van der Waals surface area (Å²) in [5.41, 5.74) is 5.50. The summed E-state index contributed by atoms with van der Waals surface area (Å²) in [5.74, 6) is 1.30. The fourth-order valence-electron chi connectivity index (χ4n) is 1.50. The van der Waals surface area contributed by atoms with E-state index in [-0.39, 0.29) is 0 Å². The molecule has 1 atom stereocenters. The van der Waals surface area contributed by atoms with Crippen molar-refractivity contribution < 1.29 is 0 Å². The van der Waals surface area contributed by atoms with Crippen LogP contribution in [-0.2, 0) is 6.42 Å². The molecule has 1 aliphatic heterocycles. The summed E-state index contributed by atoms with van der Waals surface area (Å²) in [5, 5.41) is 1.99. The van der Waals surface area contributed by atoms with Crippen molar-refractivity contribution in [1.29, 1.82) is 0 Å². The van der Waals surface area contributed by atoms with E-state index >= 15 is 0 Å². The Morgan fingerprint density at radius 2 is 2.54 bits per heavy atom. The summed E-state index contributed by atoms with van der Waals surface area (Å²) < 4.78 is 0. The standard InChI is InChI=1S/C9H14N2S2/c10-4-3-7-6-11-9(13-7)8-2-1-5-12-8/h6,8H,1-5,10H2. The lowest BCUT2D eigenvalue weighted by molar-refractivity contribution is 0.822. The van der Waals surface area contributed by atoms with Crippen molar-refractivity contribution in [3.63, 3.8) is 0 Å². The van der Waals surface area contributed by atoms with Crippen LogP contribution in [0.2, 0.25) is 0 Å². The molecule has 0 aliphatic carbocycles. The summed E-state index contributed by atoms with van der Waals surface area (Å²) in [4.78, 5) is 5.80. The predicted molar refractivity (Wildman–Crippen MR) is 59.3 cm³/mol. The Balaban J connectivity index is 2.03. The van der Waals surface area contributed by atoms with Crippen molar-refractivity contribution in [2.24, 2.45) is 5.73 Å². The molecule has 1 aromatic heterocycles. The molecular weight excluding hydrogens is 200 g/mol. The van der Waals surface area contributed by atoms with Crippen LogP contribution in [0, 0.1) is 0 Å². The van der Waals surface area contributed by atoms with Gasteiger partial charge < -0.3 is 5.73 Å². The molecule has 0 saturated carbocycles. The molecule has 2 heterocycles. The number of nitrogens with zero attached hydrogens (tertiary/aromatic N) is 1. The molecule has 0 amide bonds. The lowest BCUT2D eigenvalue weighted by atomic mass is 10.3. The van der Waals surface area contributed by atoms with E-state index < -0.39 is 0 Å². The SMILES string of the molecule is NCCc1cnc(C2CCCS2)s1. The Kier molecular flexibility index (Phi) is 3.24. The summed E-state index contributed by atoms with van der Waals surface area (Å²) in [6, 6.07) is 0. The van der Waals surface area contributed by atoms with Gasteiger partial charge in [-0.3, -0.25) is 0 Å². The van der Waals surface area contributed by atoms with Gasteiger partial charge in [0.25, 0.3) is 0 Å². The molecule has 13 heavy (non-hydrogen) atoms. The zero-order valence-electron chi connectivity index (χ0n) is 7.53. The molecule has 4 heteroatoms. The van der Waals surface area contributed by atoms with Crippen molar-refractivity contribution in [1.82, 2.24) is 4.98 Å². The van der Waals surface area contributed by atoms with Crippen molar-refractivity contribution in [3.05, 3.63) is 16.1 Å². The Hall–Kier alpha value is -0.0600. The Morgan fingerprint density at radius 3 is 3.23 bits per heavy atom. The summed E-state index contributed by atoms with van der Waals surface area (Å²) in [7, 11) is 0. The van der Waals surface area contributed by atoms with Gasteiger partial charge >= 0.3 is 0 Å². The Bertz CT molecular complexity index is 266. The maximum atomic E-state index is 5.50. The average molecular weight is 214 g/mol. The van der Waals surface area contributed by atoms with Gasteiger partial charge in [0.2, 0.25) is 0 Å². The predicted octanol–water partition coefficient (Wildman–Crippen LogP) is 2.21. The third-order valence-electron chi connectivity index (χ3n) is 2.17. The summed E-state index contributed by atoms with van der Waals surface area (Å²) in [6.45, 7) is 0.736. The fraction of sp³-hybridized carbons (Fsp3) is 0.667. The van der Waals surface area contributed by atoms with Gasteiger partial charge in [0.1, 0.15) is 5.01 Å². The molecule has 1 aliphatic rings. The van der Waals surface area contributed by atoms with Crippen molar-refractivity contribution in [2.45, 2.75) is 24.5 Å². The molecule has 0 spiro atoms. The zero-order chi connectivity index (χ0) is 9.10. The molecule has 0 bridgehead atoms. The first-order valence-electron chi connectivity index (χ1n) is 4.66. The first-order valence-corrected chi connectivity index (χ1v) is 6.53. The van der Waals surface area contributed by atoms with E-state index in [0.717, 1.165) is 13.0 Å². The van der Waals surface area contributed by atoms with Gasteiger partial charge in [0, 0.05) is 11.1 Å². The van der Waals surface area contributed by atoms with Crippen LogP contribution in [0.1, 0.15) is 28.0 Å². The van der Waals surface area contributed by atoms with Crippen LogP contribution in [0.3, 0.4) is 0 Å². The molecule has 1 fully saturated rings. The molecular formula is C9H14N2S2. The second-order valence-electron chi connectivity index (χ2n) is 3.21. The van der Waals surface area contributed by atoms with E-state index in [4.69, 9.17) is 5.73 Å². The molecule has 2 nitrogen and oxygen atoms in total. The van der Waals surface area contributed by atoms with Crippen LogP contribution in [0.4, 0.5) is 0 Å². The quantitative estimate of drug-likeness (QED) is 0.838. The number of thioether (sulfide) groups is 1. The van der Waals surface area contributed by atoms with Gasteiger partial charge in [-0.05, 0) is 31.6 Å². The summed E-state index contributed by atoms with van der Waals surface area (Å²) in [6.07, 6.45) is 5.63. The maximum Gasteiger partial charge on any atom is 0.106 e. The van der Waals surface area contributed by atoms with Gasteiger partial charge in [-0.2, -0.15) is 11.8 Å². The third-order valence-corrected chi connectivity index (χ3v) is 4.87. The van der Waals surface area contributed by atoms with E-state index in [9.17, 15) is 0 Å². The summed E-state index contributed by atoms with van der Waals surface area (Å²) >= 11 is 3.89. The fourth-order valence-corrected chi connectivity index (χ4v) is 3.95. The van der Waals surface area contributed by atoms with E-state index in [0.29, 0.717) is 5.25 Å². The van der Waals surface area contributed by atoms with Crippen molar-refractivity contribution in [3.8, 4) is 0 Å². The van der Waals surface area contributed by atoms with Crippen LogP contribution in [0.5, 0.6) is 0 Å². The minimum atomic E-state index is 0.677. The van der Waals surface area contributed by atoms with E-state index in [2.05, 4.69) is 4.98 Å². The normalized spacial score (nSPS) is 22.4. The number of hydrogen-bond acceptors (Lipinski definition) is 4. The second kappa shape index (κ2) is 4.44. The van der Waals surface area contributed by atoms with E-state index in [1.165, 1.54) is 28.5 Å². The van der Waals surface area contributed by atoms with Gasteiger partial charge in [-0.25, -0.2) is 4.98 Å². The van der Waals surface area contributed by atoms with E-state index in [1.54, 1.807) is 0 Å². The number of hydrogen-bond donors (Lipinski definition) is 1. The molecule has 2 N–H and O–H groups in total. The molecule has 2 rings (SSSR count). The maximum absolute atomic E-state index is 5.50. The highest BCUT2D eigenvalue weighted by Crippen LogP contribution is 2.41. The number of nitrogens with two attached hydrogens (primary N) is 1. The molecule has 72 valence electrons. The highest BCUT2D eigenvalue weighted by molar-refractivity contribution is 7.99. The molecule has 1 aromatic rings. The first-order chi connectivity index (χ1) is 6.40. The Morgan fingerprint density at radius 1 is 1.62 bits per heavy atom. The van der Waals surface area contributed by atoms with Crippen LogP contribution in [0.15, 0.2) is 6.20 Å². The lowest BCUT2D eigenvalue weighted by Gasteiger charge is -2.01. The van der Waals surface area contributed by atoms with Crippen LogP contribution < -0.4 is 5.73 Å². The first kappa shape index (κ1) is 9.49. The monoisotopic (exact) mass is 214 g/mol. The van der Waals surface area contributed by atoms with Gasteiger partial charge in [-0.1, -0.05) is 0 Å². The molecule has 0 aromatic carbocycles. The topological polar surface area (TPSA) is 38.9 Å². The van der Waals surface area contributed by atoms with Crippen LogP contribution >= 0.6 is 23.1 Å². The minimum Gasteiger partial charge on any atom is -0.330 e. The highest BCUT2D eigenvalue weighted by Gasteiger charge is 2.20. The highest BCUT2D eigenvalue weighted by atomic mass is 32.2. The van der Waals surface area contributed by atoms with E-state index in [1.807, 2.05) is 29.3 Å². The molecule has 1 saturated heterocycles. The largest absolute Gasteiger partial charge is 0.330 e. The lowest BCUT2D eigenvalue weighted by Crippen LogP contribution is -2.00. The minimum absolute atomic E-state index is 0.677. The Labute approximate surface area is 86.9 Å². The third kappa shape index (κ3) is 2.24. The van der Waals surface area contributed by atoms with Gasteiger partial charge in [-0.15, -0.1) is 11.3 Å². The number of aromatic nitrogens is 1. The van der Waals surface area contributed by atoms with Crippen LogP contribution in [-0.4, -0.2) is 17.3 Å². The number of thiazole rings is 1. The second-order valence-corrected chi connectivity index (χ2v) is 5.66. The van der Waals surface area contributed by atoms with Gasteiger partial charge in [0.05, 0.1) is 5.25 Å². The molecule has 0 radical (unpaired) electrons. The molecule has 1 unspecified atom stereocenters. The van der Waals surface area contributed by atoms with Crippen LogP contribution in [0.25, 0.3) is 0 Å². The zero-order valence-corrected chi connectivity index (χ0v) is 9.16. The average Bonchev–Trinajstić information content (AvgIpc) is 2.70. The van der Waals surface area contributed by atoms with Crippen molar-refractivity contribution >= 4 is 23.1 Å².